The number of para-hydroxylation sites is 1. The molecule has 0 fully saturated rings. The predicted octanol–water partition coefficient (Wildman–Crippen LogP) is 1.90. The Morgan fingerprint density at radius 2 is 1.82 bits per heavy atom. The number of hydrogen-bond donors (Lipinski definition) is 0. The van der Waals surface area contributed by atoms with Gasteiger partial charge in [-0.25, -0.2) is 8.42 Å². The summed E-state index contributed by atoms with van der Waals surface area (Å²) in [6, 6.07) is 10.2. The van der Waals surface area contributed by atoms with Crippen molar-refractivity contribution in [3.8, 4) is 0 Å². The fourth-order valence-electron chi connectivity index (χ4n) is 1.33. The van der Waals surface area contributed by atoms with Crippen LogP contribution in [0.2, 0.25) is 0 Å². The molecule has 0 saturated heterocycles. The highest BCUT2D eigenvalue weighted by molar-refractivity contribution is 8.00. The van der Waals surface area contributed by atoms with Crippen LogP contribution in [0.15, 0.2) is 30.3 Å². The van der Waals surface area contributed by atoms with Crippen molar-refractivity contribution in [2.45, 2.75) is 0 Å². The topological polar surface area (TPSA) is 37.4 Å². The molecule has 0 bridgehead atoms. The van der Waals surface area contributed by atoms with Crippen molar-refractivity contribution in [1.82, 2.24) is 0 Å². The Balaban J connectivity index is 2.19. The molecule has 0 amide bonds. The van der Waals surface area contributed by atoms with Crippen LogP contribution in [0, 0.1) is 0 Å². The fraction of sp³-hybridized carbons (Fsp3) is 0.500. The molecule has 0 radical (unpaired) electrons. The van der Waals surface area contributed by atoms with Crippen molar-refractivity contribution in [2.75, 3.05) is 42.0 Å². The first-order chi connectivity index (χ1) is 7.99. The molecular formula is C12H19NO2S2. The maximum absolute atomic E-state index is 10.9. The van der Waals surface area contributed by atoms with Crippen molar-refractivity contribution in [1.29, 1.82) is 0 Å². The summed E-state index contributed by atoms with van der Waals surface area (Å²) in [5.41, 5.74) is 1.19. The quantitative estimate of drug-likeness (QED) is 0.711. The van der Waals surface area contributed by atoms with E-state index in [-0.39, 0.29) is 5.75 Å². The Morgan fingerprint density at radius 3 is 2.41 bits per heavy atom. The van der Waals surface area contributed by atoms with Gasteiger partial charge in [-0.2, -0.15) is 11.8 Å². The second kappa shape index (κ2) is 6.91. The molecule has 1 rings (SSSR count). The summed E-state index contributed by atoms with van der Waals surface area (Å²) in [5.74, 6) is 1.90. The molecule has 0 heterocycles. The largest absolute Gasteiger partial charge is 0.374 e. The average molecular weight is 273 g/mol. The summed E-state index contributed by atoms with van der Waals surface area (Å²) < 4.78 is 21.9. The Morgan fingerprint density at radius 1 is 1.18 bits per heavy atom. The first-order valence-corrected chi connectivity index (χ1v) is 8.72. The third-order valence-electron chi connectivity index (χ3n) is 2.37. The minimum atomic E-state index is -2.81. The highest BCUT2D eigenvalue weighted by Gasteiger charge is 2.03. The first-order valence-electron chi connectivity index (χ1n) is 5.51. The van der Waals surface area contributed by atoms with Crippen molar-refractivity contribution in [2.24, 2.45) is 0 Å². The van der Waals surface area contributed by atoms with Crippen LogP contribution in [0.3, 0.4) is 0 Å². The van der Waals surface area contributed by atoms with Gasteiger partial charge in [-0.05, 0) is 12.1 Å². The molecule has 0 spiro atoms. The van der Waals surface area contributed by atoms with Gasteiger partial charge in [-0.3, -0.25) is 0 Å². The lowest BCUT2D eigenvalue weighted by molar-refractivity contribution is 0.603. The van der Waals surface area contributed by atoms with Gasteiger partial charge in [-0.1, -0.05) is 18.2 Å². The lowest BCUT2D eigenvalue weighted by atomic mass is 10.3. The van der Waals surface area contributed by atoms with Gasteiger partial charge in [0.05, 0.1) is 5.75 Å². The van der Waals surface area contributed by atoms with E-state index in [2.05, 4.69) is 17.0 Å². The molecule has 5 heteroatoms. The van der Waals surface area contributed by atoms with Crippen LogP contribution < -0.4 is 4.90 Å². The number of sulfone groups is 1. The summed E-state index contributed by atoms with van der Waals surface area (Å²) in [6.07, 6.45) is 1.28. The molecule has 0 unspecified atom stereocenters. The molecule has 0 aliphatic rings. The van der Waals surface area contributed by atoms with Crippen molar-refractivity contribution < 1.29 is 8.42 Å². The van der Waals surface area contributed by atoms with Gasteiger partial charge < -0.3 is 4.90 Å². The molecule has 96 valence electrons. The van der Waals surface area contributed by atoms with Gasteiger partial charge in [0.25, 0.3) is 0 Å². The zero-order valence-electron chi connectivity index (χ0n) is 10.3. The van der Waals surface area contributed by atoms with Crippen LogP contribution in [0.25, 0.3) is 0 Å². The number of nitrogens with zero attached hydrogens (tertiary/aromatic N) is 1. The van der Waals surface area contributed by atoms with E-state index in [0.29, 0.717) is 5.75 Å². The maximum Gasteiger partial charge on any atom is 0.148 e. The van der Waals surface area contributed by atoms with Gasteiger partial charge >= 0.3 is 0 Å². The smallest absolute Gasteiger partial charge is 0.148 e. The number of benzene rings is 1. The van der Waals surface area contributed by atoms with E-state index in [1.165, 1.54) is 11.9 Å². The average Bonchev–Trinajstić information content (AvgIpc) is 2.28. The van der Waals surface area contributed by atoms with Gasteiger partial charge in [-0.15, -0.1) is 0 Å². The Kier molecular flexibility index (Phi) is 5.85. The number of anilines is 1. The summed E-state index contributed by atoms with van der Waals surface area (Å²) >= 11 is 1.68. The Bertz CT molecular complexity index is 417. The molecule has 0 aliphatic heterocycles. The first kappa shape index (κ1) is 14.4. The zero-order chi connectivity index (χ0) is 12.7. The molecule has 1 aromatic rings. The molecule has 1 aromatic carbocycles. The van der Waals surface area contributed by atoms with Gasteiger partial charge in [0.2, 0.25) is 0 Å². The third kappa shape index (κ3) is 6.58. The standard InChI is InChI=1S/C12H19NO2S2/c1-13(12-6-4-3-5-7-12)8-9-16-10-11-17(2,14)15/h3-7H,8-11H2,1-2H3. The van der Waals surface area contributed by atoms with Crippen LogP contribution in [0.5, 0.6) is 0 Å². The van der Waals surface area contributed by atoms with Crippen LogP contribution in [0.1, 0.15) is 0 Å². The second-order valence-electron chi connectivity index (χ2n) is 4.00. The van der Waals surface area contributed by atoms with Crippen LogP contribution >= 0.6 is 11.8 Å². The highest BCUT2D eigenvalue weighted by Crippen LogP contribution is 2.11. The van der Waals surface area contributed by atoms with Crippen LogP contribution in [0.4, 0.5) is 5.69 Å². The fourth-order valence-corrected chi connectivity index (χ4v) is 3.61. The van der Waals surface area contributed by atoms with E-state index in [0.717, 1.165) is 12.3 Å². The minimum absolute atomic E-state index is 0.271. The van der Waals surface area contributed by atoms with Gasteiger partial charge in [0.1, 0.15) is 9.84 Å². The number of rotatable bonds is 7. The molecular weight excluding hydrogens is 254 g/mol. The highest BCUT2D eigenvalue weighted by atomic mass is 32.2. The summed E-state index contributed by atoms with van der Waals surface area (Å²) in [5, 5.41) is 0. The van der Waals surface area contributed by atoms with E-state index < -0.39 is 9.84 Å². The summed E-state index contributed by atoms with van der Waals surface area (Å²) in [7, 11) is -0.763. The van der Waals surface area contributed by atoms with E-state index >= 15 is 0 Å². The van der Waals surface area contributed by atoms with Crippen molar-refractivity contribution >= 4 is 27.3 Å². The third-order valence-corrected chi connectivity index (χ3v) is 4.53. The summed E-state index contributed by atoms with van der Waals surface area (Å²) in [6.45, 7) is 0.929. The van der Waals surface area contributed by atoms with Gasteiger partial charge in [0.15, 0.2) is 0 Å². The van der Waals surface area contributed by atoms with Crippen LogP contribution in [-0.2, 0) is 9.84 Å². The van der Waals surface area contributed by atoms with Crippen molar-refractivity contribution in [3.05, 3.63) is 30.3 Å². The van der Waals surface area contributed by atoms with Crippen molar-refractivity contribution in [3.63, 3.8) is 0 Å². The molecule has 3 nitrogen and oxygen atoms in total. The Labute approximate surface area is 108 Å². The minimum Gasteiger partial charge on any atom is -0.374 e. The van der Waals surface area contributed by atoms with E-state index in [9.17, 15) is 8.42 Å². The molecule has 0 aromatic heterocycles. The Hall–Kier alpha value is -0.680. The lowest BCUT2D eigenvalue weighted by Crippen LogP contribution is -2.20. The maximum atomic E-state index is 10.9. The van der Waals surface area contributed by atoms with Gasteiger partial charge in [0, 0.05) is 37.0 Å². The molecule has 0 aliphatic carbocycles. The normalized spacial score (nSPS) is 11.4. The zero-order valence-corrected chi connectivity index (χ0v) is 11.9. The van der Waals surface area contributed by atoms with E-state index in [4.69, 9.17) is 0 Å². The SMILES string of the molecule is CN(CCSCCS(C)(=O)=O)c1ccccc1. The number of hydrogen-bond acceptors (Lipinski definition) is 4. The molecule has 0 atom stereocenters. The molecule has 0 saturated carbocycles. The number of thioether (sulfide) groups is 1. The monoisotopic (exact) mass is 273 g/mol. The molecule has 17 heavy (non-hydrogen) atoms. The molecule has 0 N–H and O–H groups in total. The lowest BCUT2D eigenvalue weighted by Gasteiger charge is -2.18. The van der Waals surface area contributed by atoms with E-state index in [1.54, 1.807) is 11.8 Å². The predicted molar refractivity (Wildman–Crippen MR) is 76.7 cm³/mol. The van der Waals surface area contributed by atoms with E-state index in [1.807, 2.05) is 25.2 Å². The van der Waals surface area contributed by atoms with Crippen LogP contribution in [-0.4, -0.2) is 45.5 Å². The summed E-state index contributed by atoms with van der Waals surface area (Å²) in [4.78, 5) is 2.17. The second-order valence-corrected chi connectivity index (χ2v) is 7.48.